The molecule has 1 saturated heterocycles. The fourth-order valence-corrected chi connectivity index (χ4v) is 2.94. The summed E-state index contributed by atoms with van der Waals surface area (Å²) in [4.78, 5) is 12.3. The molecule has 1 atom stereocenters. The normalized spacial score (nSPS) is 16.0. The second-order valence-electron chi connectivity index (χ2n) is 7.03. The van der Waals surface area contributed by atoms with Crippen molar-refractivity contribution in [3.05, 3.63) is 48.5 Å². The topological polar surface area (TPSA) is 68.8 Å². The lowest BCUT2D eigenvalue weighted by Crippen LogP contribution is -2.22. The van der Waals surface area contributed by atoms with E-state index in [-0.39, 0.29) is 24.7 Å². The van der Waals surface area contributed by atoms with Crippen LogP contribution in [0.25, 0.3) is 0 Å². The molecule has 1 fully saturated rings. The molecule has 1 amide bonds. The zero-order chi connectivity index (χ0) is 19.8. The number of carbonyl (C=O) groups is 1. The number of rotatable bonds is 9. The molecular formula is C22H28N2O4. The largest absolute Gasteiger partial charge is 0.491 e. The van der Waals surface area contributed by atoms with E-state index in [1.54, 1.807) is 0 Å². The monoisotopic (exact) mass is 384 g/mol. The molecule has 28 heavy (non-hydrogen) atoms. The molecule has 0 aliphatic carbocycles. The Hall–Kier alpha value is -2.73. The number of hydrogen-bond donors (Lipinski definition) is 2. The van der Waals surface area contributed by atoms with Gasteiger partial charge in [-0.05, 0) is 63.1 Å². The van der Waals surface area contributed by atoms with Crippen LogP contribution >= 0.6 is 0 Å². The standard InChI is InChI=1S/C22H28N2O4/c1-16(2)28-21-8-4-3-7-20(21)24-22(25)14-23-17-9-11-18(12-10-17)27-15-19-6-5-13-26-19/h3-4,7-12,16,19,23H,5-6,13-15H2,1-2H3,(H,24,25). The third-order valence-corrected chi connectivity index (χ3v) is 4.29. The Morgan fingerprint density at radius 2 is 1.96 bits per heavy atom. The van der Waals surface area contributed by atoms with Crippen LogP contribution in [0, 0.1) is 0 Å². The van der Waals surface area contributed by atoms with E-state index in [9.17, 15) is 4.79 Å². The Morgan fingerprint density at radius 1 is 1.18 bits per heavy atom. The second kappa shape index (κ2) is 9.99. The highest BCUT2D eigenvalue weighted by Gasteiger charge is 2.16. The zero-order valence-electron chi connectivity index (χ0n) is 16.4. The van der Waals surface area contributed by atoms with Crippen LogP contribution in [-0.4, -0.2) is 37.9 Å². The summed E-state index contributed by atoms with van der Waals surface area (Å²) >= 11 is 0. The van der Waals surface area contributed by atoms with E-state index in [0.29, 0.717) is 18.0 Å². The molecule has 0 bridgehead atoms. The summed E-state index contributed by atoms with van der Waals surface area (Å²) in [6, 6.07) is 15.0. The summed E-state index contributed by atoms with van der Waals surface area (Å²) in [5.41, 5.74) is 1.52. The first-order valence-electron chi connectivity index (χ1n) is 9.74. The van der Waals surface area contributed by atoms with Gasteiger partial charge in [-0.3, -0.25) is 4.79 Å². The van der Waals surface area contributed by atoms with Crippen molar-refractivity contribution in [2.45, 2.75) is 38.9 Å². The first kappa shape index (κ1) is 20.0. The molecule has 2 N–H and O–H groups in total. The molecule has 3 rings (SSSR count). The van der Waals surface area contributed by atoms with E-state index < -0.39 is 0 Å². The van der Waals surface area contributed by atoms with Gasteiger partial charge >= 0.3 is 0 Å². The molecule has 2 aromatic carbocycles. The number of ether oxygens (including phenoxy) is 3. The van der Waals surface area contributed by atoms with Crippen molar-refractivity contribution in [1.29, 1.82) is 0 Å². The van der Waals surface area contributed by atoms with Crippen LogP contribution in [0.4, 0.5) is 11.4 Å². The van der Waals surface area contributed by atoms with Crippen molar-refractivity contribution < 1.29 is 19.0 Å². The van der Waals surface area contributed by atoms with Crippen LogP contribution in [0.2, 0.25) is 0 Å². The number of hydrogen-bond acceptors (Lipinski definition) is 5. The predicted molar refractivity (Wildman–Crippen MR) is 110 cm³/mol. The van der Waals surface area contributed by atoms with Crippen LogP contribution in [0.1, 0.15) is 26.7 Å². The summed E-state index contributed by atoms with van der Waals surface area (Å²) in [6.45, 7) is 5.47. The molecule has 6 heteroatoms. The molecule has 6 nitrogen and oxygen atoms in total. The molecule has 1 aliphatic heterocycles. The quantitative estimate of drug-likeness (QED) is 0.682. The van der Waals surface area contributed by atoms with Gasteiger partial charge in [-0.25, -0.2) is 0 Å². The van der Waals surface area contributed by atoms with Gasteiger partial charge in [-0.15, -0.1) is 0 Å². The van der Waals surface area contributed by atoms with E-state index in [1.165, 1.54) is 0 Å². The van der Waals surface area contributed by atoms with E-state index in [4.69, 9.17) is 14.2 Å². The summed E-state index contributed by atoms with van der Waals surface area (Å²) in [5, 5.41) is 6.00. The van der Waals surface area contributed by atoms with Gasteiger partial charge in [0, 0.05) is 12.3 Å². The van der Waals surface area contributed by atoms with Gasteiger partial charge in [-0.2, -0.15) is 0 Å². The van der Waals surface area contributed by atoms with Gasteiger partial charge in [0.25, 0.3) is 0 Å². The van der Waals surface area contributed by atoms with Crippen molar-refractivity contribution in [3.63, 3.8) is 0 Å². The summed E-state index contributed by atoms with van der Waals surface area (Å²) < 4.78 is 17.0. The molecule has 150 valence electrons. The van der Waals surface area contributed by atoms with Crippen LogP contribution in [0.3, 0.4) is 0 Å². The molecule has 0 spiro atoms. The lowest BCUT2D eigenvalue weighted by Gasteiger charge is -2.15. The van der Waals surface area contributed by atoms with Crippen molar-refractivity contribution >= 4 is 17.3 Å². The molecule has 2 aromatic rings. The molecule has 1 unspecified atom stereocenters. The van der Waals surface area contributed by atoms with Gasteiger partial charge in [-0.1, -0.05) is 12.1 Å². The average molecular weight is 384 g/mol. The average Bonchev–Trinajstić information content (AvgIpc) is 3.20. The molecule has 0 radical (unpaired) electrons. The minimum Gasteiger partial charge on any atom is -0.491 e. The Labute approximate surface area is 166 Å². The number of carbonyl (C=O) groups excluding carboxylic acids is 1. The molecule has 1 aliphatic rings. The lowest BCUT2D eigenvalue weighted by molar-refractivity contribution is -0.114. The van der Waals surface area contributed by atoms with Crippen molar-refractivity contribution in [1.82, 2.24) is 0 Å². The maximum atomic E-state index is 12.3. The molecular weight excluding hydrogens is 356 g/mol. The summed E-state index contributed by atoms with van der Waals surface area (Å²) in [7, 11) is 0. The van der Waals surface area contributed by atoms with Gasteiger partial charge in [0.05, 0.1) is 24.4 Å². The Morgan fingerprint density at radius 3 is 2.68 bits per heavy atom. The number of amides is 1. The number of benzene rings is 2. The fraction of sp³-hybridized carbons (Fsp3) is 0.409. The van der Waals surface area contributed by atoms with Crippen LogP contribution in [0.15, 0.2) is 48.5 Å². The summed E-state index contributed by atoms with van der Waals surface area (Å²) in [5.74, 6) is 1.32. The van der Waals surface area contributed by atoms with E-state index >= 15 is 0 Å². The van der Waals surface area contributed by atoms with Gasteiger partial charge in [0.1, 0.15) is 18.1 Å². The van der Waals surface area contributed by atoms with Gasteiger partial charge in [0.2, 0.25) is 5.91 Å². The Balaban J connectivity index is 1.45. The first-order chi connectivity index (χ1) is 13.6. The lowest BCUT2D eigenvalue weighted by atomic mass is 10.2. The number of para-hydroxylation sites is 2. The van der Waals surface area contributed by atoms with Crippen LogP contribution < -0.4 is 20.1 Å². The number of nitrogens with one attached hydrogen (secondary N) is 2. The number of anilines is 2. The molecule has 0 aromatic heterocycles. The van der Waals surface area contributed by atoms with Gasteiger partial charge < -0.3 is 24.8 Å². The van der Waals surface area contributed by atoms with E-state index in [2.05, 4.69) is 10.6 Å². The van der Waals surface area contributed by atoms with Crippen LogP contribution in [-0.2, 0) is 9.53 Å². The fourth-order valence-electron chi connectivity index (χ4n) is 2.94. The highest BCUT2D eigenvalue weighted by Crippen LogP contribution is 2.25. The minimum atomic E-state index is -0.140. The molecule has 0 saturated carbocycles. The van der Waals surface area contributed by atoms with Gasteiger partial charge in [0.15, 0.2) is 0 Å². The summed E-state index contributed by atoms with van der Waals surface area (Å²) in [6.07, 6.45) is 2.40. The maximum Gasteiger partial charge on any atom is 0.243 e. The molecule has 1 heterocycles. The Bertz CT molecular complexity index is 755. The van der Waals surface area contributed by atoms with E-state index in [1.807, 2.05) is 62.4 Å². The first-order valence-corrected chi connectivity index (χ1v) is 9.74. The van der Waals surface area contributed by atoms with Crippen LogP contribution in [0.5, 0.6) is 11.5 Å². The second-order valence-corrected chi connectivity index (χ2v) is 7.03. The third kappa shape index (κ3) is 6.16. The zero-order valence-corrected chi connectivity index (χ0v) is 16.4. The predicted octanol–water partition coefficient (Wildman–Crippen LogP) is 4.08. The highest BCUT2D eigenvalue weighted by molar-refractivity contribution is 5.95. The smallest absolute Gasteiger partial charge is 0.243 e. The minimum absolute atomic E-state index is 0.0390. The van der Waals surface area contributed by atoms with Crippen molar-refractivity contribution in [2.24, 2.45) is 0 Å². The van der Waals surface area contributed by atoms with Crippen molar-refractivity contribution in [3.8, 4) is 11.5 Å². The maximum absolute atomic E-state index is 12.3. The van der Waals surface area contributed by atoms with Crippen molar-refractivity contribution in [2.75, 3.05) is 30.4 Å². The SMILES string of the molecule is CC(C)Oc1ccccc1NC(=O)CNc1ccc(OCC2CCCO2)cc1. The van der Waals surface area contributed by atoms with E-state index in [0.717, 1.165) is 30.9 Å². The third-order valence-electron chi connectivity index (χ3n) is 4.29. The Kier molecular flexibility index (Phi) is 7.14. The highest BCUT2D eigenvalue weighted by atomic mass is 16.5.